The quantitative estimate of drug-likeness (QED) is 0.852. The summed E-state index contributed by atoms with van der Waals surface area (Å²) in [5.74, 6) is 2.41. The van der Waals surface area contributed by atoms with Crippen LogP contribution in [0.25, 0.3) is 0 Å². The molecule has 0 bridgehead atoms. The molecule has 2 atom stereocenters. The van der Waals surface area contributed by atoms with Crippen molar-refractivity contribution < 1.29 is 9.47 Å². The Bertz CT molecular complexity index is 518. The Labute approximate surface area is 132 Å². The van der Waals surface area contributed by atoms with Crippen LogP contribution in [0.2, 0.25) is 5.02 Å². The molecule has 21 heavy (non-hydrogen) atoms. The normalized spacial score (nSPS) is 24.3. The van der Waals surface area contributed by atoms with Crippen LogP contribution in [0.5, 0.6) is 11.5 Å². The number of fused-ring (bicyclic) bond motifs is 3. The summed E-state index contributed by atoms with van der Waals surface area (Å²) in [7, 11) is 0. The highest BCUT2D eigenvalue weighted by atomic mass is 35.5. The Morgan fingerprint density at radius 3 is 2.95 bits per heavy atom. The second-order valence-electron chi connectivity index (χ2n) is 6.16. The van der Waals surface area contributed by atoms with E-state index in [1.807, 2.05) is 6.07 Å². The van der Waals surface area contributed by atoms with Crippen LogP contribution < -0.4 is 14.8 Å². The summed E-state index contributed by atoms with van der Waals surface area (Å²) in [6, 6.07) is 2.24. The van der Waals surface area contributed by atoms with Gasteiger partial charge in [0.2, 0.25) is 0 Å². The molecule has 3 rings (SSSR count). The predicted octanol–water partition coefficient (Wildman–Crippen LogP) is 4.12. The Hall–Kier alpha value is -0.930. The van der Waals surface area contributed by atoms with Crippen molar-refractivity contribution in [1.82, 2.24) is 5.32 Å². The van der Waals surface area contributed by atoms with Crippen LogP contribution >= 0.6 is 11.6 Å². The van der Waals surface area contributed by atoms with Gasteiger partial charge in [-0.05, 0) is 43.7 Å². The first kappa shape index (κ1) is 15.0. The number of hydrogen-bond acceptors (Lipinski definition) is 3. The summed E-state index contributed by atoms with van der Waals surface area (Å²) >= 11 is 6.54. The summed E-state index contributed by atoms with van der Waals surface area (Å²) in [5, 5.41) is 4.51. The minimum atomic E-state index is 0.312. The molecule has 3 nitrogen and oxygen atoms in total. The molecular formula is C17H24ClNO2. The monoisotopic (exact) mass is 309 g/mol. The van der Waals surface area contributed by atoms with E-state index in [-0.39, 0.29) is 0 Å². The second-order valence-corrected chi connectivity index (χ2v) is 6.57. The van der Waals surface area contributed by atoms with Crippen LogP contribution in [0.1, 0.15) is 50.3 Å². The van der Waals surface area contributed by atoms with E-state index in [4.69, 9.17) is 21.1 Å². The van der Waals surface area contributed by atoms with Gasteiger partial charge in [0, 0.05) is 22.7 Å². The van der Waals surface area contributed by atoms with Crippen LogP contribution in [0, 0.1) is 5.92 Å². The fraction of sp³-hybridized carbons (Fsp3) is 0.647. The van der Waals surface area contributed by atoms with Gasteiger partial charge in [-0.1, -0.05) is 25.4 Å². The van der Waals surface area contributed by atoms with E-state index in [0.29, 0.717) is 25.2 Å². The van der Waals surface area contributed by atoms with Crippen LogP contribution in [0.15, 0.2) is 6.07 Å². The summed E-state index contributed by atoms with van der Waals surface area (Å²) in [6.07, 6.45) is 4.45. The fourth-order valence-corrected chi connectivity index (χ4v) is 3.67. The van der Waals surface area contributed by atoms with E-state index in [9.17, 15) is 0 Å². The fourth-order valence-electron chi connectivity index (χ4n) is 3.37. The SMILES string of the molecule is CCCNC1CC(C)CCc2c(Cl)cc3c(c21)OCCO3. The summed E-state index contributed by atoms with van der Waals surface area (Å²) in [5.41, 5.74) is 2.49. The topological polar surface area (TPSA) is 30.5 Å². The number of ether oxygens (including phenoxy) is 2. The van der Waals surface area contributed by atoms with Gasteiger partial charge in [0.15, 0.2) is 11.5 Å². The first-order valence-electron chi connectivity index (χ1n) is 8.05. The van der Waals surface area contributed by atoms with Crippen molar-refractivity contribution >= 4 is 11.6 Å². The molecule has 2 unspecified atom stereocenters. The molecule has 0 fully saturated rings. The zero-order chi connectivity index (χ0) is 14.8. The maximum absolute atomic E-state index is 6.54. The summed E-state index contributed by atoms with van der Waals surface area (Å²) in [6.45, 7) is 6.76. The Kier molecular flexibility index (Phi) is 4.60. The zero-order valence-electron chi connectivity index (χ0n) is 12.9. The number of nitrogens with one attached hydrogen (secondary N) is 1. The molecule has 0 amide bonds. The minimum Gasteiger partial charge on any atom is -0.486 e. The van der Waals surface area contributed by atoms with Gasteiger partial charge in [0.05, 0.1) is 0 Å². The first-order valence-corrected chi connectivity index (χ1v) is 8.42. The van der Waals surface area contributed by atoms with E-state index in [1.54, 1.807) is 0 Å². The Morgan fingerprint density at radius 2 is 2.14 bits per heavy atom. The van der Waals surface area contributed by atoms with Crippen molar-refractivity contribution in [3.63, 3.8) is 0 Å². The second kappa shape index (κ2) is 6.45. The Balaban J connectivity index is 2.07. The smallest absolute Gasteiger partial charge is 0.166 e. The van der Waals surface area contributed by atoms with Crippen molar-refractivity contribution in [2.75, 3.05) is 19.8 Å². The molecule has 1 N–H and O–H groups in total. The number of halogens is 1. The molecule has 1 aliphatic carbocycles. The van der Waals surface area contributed by atoms with Crippen LogP contribution in [0.4, 0.5) is 0 Å². The van der Waals surface area contributed by atoms with Gasteiger partial charge in [-0.25, -0.2) is 0 Å². The highest BCUT2D eigenvalue weighted by Gasteiger charge is 2.30. The van der Waals surface area contributed by atoms with Crippen molar-refractivity contribution in [3.05, 3.63) is 22.2 Å². The van der Waals surface area contributed by atoms with Crippen molar-refractivity contribution in [2.45, 2.75) is 45.6 Å². The summed E-state index contributed by atoms with van der Waals surface area (Å²) in [4.78, 5) is 0. The van der Waals surface area contributed by atoms with Crippen LogP contribution in [-0.2, 0) is 6.42 Å². The third-order valence-electron chi connectivity index (χ3n) is 4.44. The Morgan fingerprint density at radius 1 is 1.33 bits per heavy atom. The van der Waals surface area contributed by atoms with Gasteiger partial charge < -0.3 is 14.8 Å². The molecule has 0 aromatic heterocycles. The first-order chi connectivity index (χ1) is 10.2. The average molecular weight is 310 g/mol. The molecule has 1 aromatic carbocycles. The minimum absolute atomic E-state index is 0.312. The largest absolute Gasteiger partial charge is 0.486 e. The third kappa shape index (κ3) is 3.00. The molecule has 4 heteroatoms. The standard InChI is InChI=1S/C17H24ClNO2/c1-3-6-19-14-9-11(2)4-5-12-13(18)10-15-17(16(12)14)21-8-7-20-15/h10-11,14,19H,3-9H2,1-2H3. The van der Waals surface area contributed by atoms with E-state index < -0.39 is 0 Å². The maximum atomic E-state index is 6.54. The van der Waals surface area contributed by atoms with Gasteiger partial charge in [-0.3, -0.25) is 0 Å². The van der Waals surface area contributed by atoms with Gasteiger partial charge in [0.1, 0.15) is 13.2 Å². The lowest BCUT2D eigenvalue weighted by Crippen LogP contribution is -2.26. The van der Waals surface area contributed by atoms with Gasteiger partial charge in [0.25, 0.3) is 0 Å². The molecule has 1 heterocycles. The maximum Gasteiger partial charge on any atom is 0.166 e. The number of rotatable bonds is 3. The summed E-state index contributed by atoms with van der Waals surface area (Å²) < 4.78 is 11.7. The lowest BCUT2D eigenvalue weighted by atomic mass is 9.95. The lowest BCUT2D eigenvalue weighted by molar-refractivity contribution is 0.168. The van der Waals surface area contributed by atoms with E-state index in [2.05, 4.69) is 19.2 Å². The molecule has 1 aliphatic heterocycles. The average Bonchev–Trinajstić information content (AvgIpc) is 2.65. The molecule has 0 radical (unpaired) electrons. The van der Waals surface area contributed by atoms with Crippen molar-refractivity contribution in [3.8, 4) is 11.5 Å². The number of benzene rings is 1. The highest BCUT2D eigenvalue weighted by Crippen LogP contribution is 2.46. The third-order valence-corrected chi connectivity index (χ3v) is 4.78. The predicted molar refractivity (Wildman–Crippen MR) is 85.6 cm³/mol. The van der Waals surface area contributed by atoms with E-state index >= 15 is 0 Å². The molecule has 116 valence electrons. The molecule has 2 aliphatic rings. The highest BCUT2D eigenvalue weighted by molar-refractivity contribution is 6.31. The van der Waals surface area contributed by atoms with Gasteiger partial charge in [-0.15, -0.1) is 0 Å². The van der Waals surface area contributed by atoms with Crippen LogP contribution in [-0.4, -0.2) is 19.8 Å². The van der Waals surface area contributed by atoms with E-state index in [1.165, 1.54) is 17.5 Å². The van der Waals surface area contributed by atoms with Crippen LogP contribution in [0.3, 0.4) is 0 Å². The molecule has 0 saturated heterocycles. The molecule has 1 aromatic rings. The number of hydrogen-bond donors (Lipinski definition) is 1. The van der Waals surface area contributed by atoms with Gasteiger partial charge >= 0.3 is 0 Å². The molecule has 0 spiro atoms. The molecule has 0 saturated carbocycles. The van der Waals surface area contributed by atoms with E-state index in [0.717, 1.165) is 42.3 Å². The van der Waals surface area contributed by atoms with Gasteiger partial charge in [-0.2, -0.15) is 0 Å². The lowest BCUT2D eigenvalue weighted by Gasteiger charge is -2.28. The van der Waals surface area contributed by atoms with Crippen molar-refractivity contribution in [1.29, 1.82) is 0 Å². The molecular weight excluding hydrogens is 286 g/mol. The zero-order valence-corrected chi connectivity index (χ0v) is 13.6. The van der Waals surface area contributed by atoms with Crippen molar-refractivity contribution in [2.24, 2.45) is 5.92 Å².